The fourth-order valence-electron chi connectivity index (χ4n) is 4.82. The van der Waals surface area contributed by atoms with Crippen LogP contribution in [-0.2, 0) is 22.1 Å². The molecular weight excluding hydrogens is 558 g/mol. The van der Waals surface area contributed by atoms with Gasteiger partial charge < -0.3 is 19.4 Å². The summed E-state index contributed by atoms with van der Waals surface area (Å²) in [5.74, 6) is -3.14. The summed E-state index contributed by atoms with van der Waals surface area (Å²) in [6, 6.07) is 18.0. The van der Waals surface area contributed by atoms with Gasteiger partial charge in [-0.3, -0.25) is 9.59 Å². The van der Waals surface area contributed by atoms with Gasteiger partial charge in [-0.1, -0.05) is 24.3 Å². The Morgan fingerprint density at radius 2 is 1.74 bits per heavy atom. The first kappa shape index (κ1) is 29.4. The maximum atomic E-state index is 13.8. The number of halogens is 2. The topological polar surface area (TPSA) is 111 Å². The van der Waals surface area contributed by atoms with Gasteiger partial charge in [-0.05, 0) is 61.9 Å². The van der Waals surface area contributed by atoms with Gasteiger partial charge >= 0.3 is 0 Å². The molecule has 2 amide bonds. The summed E-state index contributed by atoms with van der Waals surface area (Å²) >= 11 is 0. The Bertz CT molecular complexity index is 1710. The molecule has 1 aromatic heterocycles. The van der Waals surface area contributed by atoms with E-state index in [1.807, 2.05) is 35.8 Å². The SMILES string of the molecule is COc1ccc(Cn2c(C)nnc2-c2cc(N3N=C(C)C(C(=O)Nc4cccc(C(C)(F)F)c4)C3=O)ccc2OC)cc1. The number of hydrogen-bond acceptors (Lipinski definition) is 7. The molecule has 222 valence electrons. The minimum Gasteiger partial charge on any atom is -0.497 e. The molecule has 12 heteroatoms. The third kappa shape index (κ3) is 5.94. The van der Waals surface area contributed by atoms with Gasteiger partial charge in [-0.2, -0.15) is 10.1 Å². The van der Waals surface area contributed by atoms with E-state index in [9.17, 15) is 18.4 Å². The third-order valence-corrected chi connectivity index (χ3v) is 7.13. The molecule has 1 atom stereocenters. The summed E-state index contributed by atoms with van der Waals surface area (Å²) in [5.41, 5.74) is 2.12. The monoisotopic (exact) mass is 588 g/mol. The molecule has 1 aliphatic heterocycles. The second kappa shape index (κ2) is 11.6. The van der Waals surface area contributed by atoms with Crippen LogP contribution in [0, 0.1) is 12.8 Å². The van der Waals surface area contributed by atoms with Gasteiger partial charge in [0.05, 0.1) is 37.7 Å². The molecule has 5 rings (SSSR count). The molecular formula is C31H30F2N6O4. The zero-order valence-corrected chi connectivity index (χ0v) is 24.3. The number of hydrogen-bond donors (Lipinski definition) is 1. The molecule has 1 aliphatic rings. The summed E-state index contributed by atoms with van der Waals surface area (Å²) in [7, 11) is 3.14. The Hall–Kier alpha value is -5.13. The summed E-state index contributed by atoms with van der Waals surface area (Å²) < 4.78 is 40.4. The van der Waals surface area contributed by atoms with Crippen molar-refractivity contribution in [1.82, 2.24) is 14.8 Å². The molecule has 0 saturated carbocycles. The van der Waals surface area contributed by atoms with E-state index in [1.54, 1.807) is 32.2 Å². The fraction of sp³-hybridized carbons (Fsp3) is 0.258. The van der Waals surface area contributed by atoms with Gasteiger partial charge in [0.25, 0.3) is 11.8 Å². The number of hydrazone groups is 1. The maximum Gasteiger partial charge on any atom is 0.270 e. The average molecular weight is 589 g/mol. The first-order valence-electron chi connectivity index (χ1n) is 13.4. The summed E-state index contributed by atoms with van der Waals surface area (Å²) in [5, 5.41) is 16.8. The maximum absolute atomic E-state index is 13.8. The molecule has 3 aromatic carbocycles. The molecule has 4 aromatic rings. The number of ether oxygens (including phenoxy) is 2. The number of carbonyl (C=O) groups is 2. The molecule has 0 spiro atoms. The van der Waals surface area contributed by atoms with Crippen LogP contribution in [0.3, 0.4) is 0 Å². The smallest absolute Gasteiger partial charge is 0.270 e. The number of nitrogens with one attached hydrogen (secondary N) is 1. The fourth-order valence-corrected chi connectivity index (χ4v) is 4.82. The normalized spacial score (nSPS) is 15.0. The number of aryl methyl sites for hydroxylation is 1. The van der Waals surface area contributed by atoms with Crippen molar-refractivity contribution >= 4 is 28.9 Å². The van der Waals surface area contributed by atoms with E-state index in [4.69, 9.17) is 9.47 Å². The first-order valence-corrected chi connectivity index (χ1v) is 13.4. The molecule has 2 heterocycles. The highest BCUT2D eigenvalue weighted by molar-refractivity contribution is 6.28. The molecule has 0 aliphatic carbocycles. The van der Waals surface area contributed by atoms with Crippen molar-refractivity contribution in [2.24, 2.45) is 11.0 Å². The second-order valence-electron chi connectivity index (χ2n) is 10.2. The van der Waals surface area contributed by atoms with E-state index in [0.717, 1.165) is 23.2 Å². The largest absolute Gasteiger partial charge is 0.497 e. The molecule has 1 N–H and O–H groups in total. The quantitative estimate of drug-likeness (QED) is 0.262. The lowest BCUT2D eigenvalue weighted by Gasteiger charge is -2.18. The minimum absolute atomic E-state index is 0.154. The number of anilines is 2. The Kier molecular flexibility index (Phi) is 7.94. The minimum atomic E-state index is -3.08. The van der Waals surface area contributed by atoms with Gasteiger partial charge in [0.2, 0.25) is 5.91 Å². The predicted molar refractivity (Wildman–Crippen MR) is 158 cm³/mol. The third-order valence-electron chi connectivity index (χ3n) is 7.13. The summed E-state index contributed by atoms with van der Waals surface area (Å²) in [4.78, 5) is 26.6. The van der Waals surface area contributed by atoms with E-state index in [2.05, 4.69) is 20.6 Å². The van der Waals surface area contributed by atoms with Crippen LogP contribution in [0.5, 0.6) is 11.5 Å². The van der Waals surface area contributed by atoms with Crippen LogP contribution in [0.1, 0.15) is 30.8 Å². The van der Waals surface area contributed by atoms with Crippen LogP contribution in [-0.4, -0.2) is 46.5 Å². The Morgan fingerprint density at radius 3 is 2.42 bits per heavy atom. The van der Waals surface area contributed by atoms with Crippen molar-refractivity contribution in [3.8, 4) is 22.9 Å². The highest BCUT2D eigenvalue weighted by atomic mass is 19.3. The lowest BCUT2D eigenvalue weighted by atomic mass is 10.0. The highest BCUT2D eigenvalue weighted by Gasteiger charge is 2.40. The van der Waals surface area contributed by atoms with Gasteiger partial charge in [-0.25, -0.2) is 8.78 Å². The zero-order chi connectivity index (χ0) is 30.9. The summed E-state index contributed by atoms with van der Waals surface area (Å²) in [6.07, 6.45) is 0. The van der Waals surface area contributed by atoms with Crippen molar-refractivity contribution in [3.63, 3.8) is 0 Å². The molecule has 0 bridgehead atoms. The number of aromatic nitrogens is 3. The predicted octanol–water partition coefficient (Wildman–Crippen LogP) is 5.41. The molecule has 10 nitrogen and oxygen atoms in total. The van der Waals surface area contributed by atoms with Gasteiger partial charge in [0.1, 0.15) is 17.3 Å². The van der Waals surface area contributed by atoms with Crippen LogP contribution >= 0.6 is 0 Å². The van der Waals surface area contributed by atoms with Crippen molar-refractivity contribution in [1.29, 1.82) is 0 Å². The van der Waals surface area contributed by atoms with Gasteiger partial charge in [0, 0.05) is 18.2 Å². The number of amides is 2. The number of nitrogens with zero attached hydrogens (tertiary/aromatic N) is 5. The van der Waals surface area contributed by atoms with E-state index >= 15 is 0 Å². The highest BCUT2D eigenvalue weighted by Crippen LogP contribution is 2.36. The molecule has 0 fully saturated rings. The van der Waals surface area contributed by atoms with Crippen LogP contribution in [0.4, 0.5) is 20.2 Å². The van der Waals surface area contributed by atoms with Crippen molar-refractivity contribution < 1.29 is 27.8 Å². The van der Waals surface area contributed by atoms with Crippen molar-refractivity contribution in [2.75, 3.05) is 24.5 Å². The zero-order valence-electron chi connectivity index (χ0n) is 24.3. The average Bonchev–Trinajstić information content (AvgIpc) is 3.50. The lowest BCUT2D eigenvalue weighted by molar-refractivity contribution is -0.127. The Labute approximate surface area is 246 Å². The first-order chi connectivity index (χ1) is 20.5. The Morgan fingerprint density at radius 1 is 1.00 bits per heavy atom. The van der Waals surface area contributed by atoms with Crippen molar-refractivity contribution in [2.45, 2.75) is 33.2 Å². The molecule has 43 heavy (non-hydrogen) atoms. The standard InChI is InChI=1S/C31H30F2N6O4/c1-18-27(29(40)34-22-8-6-7-21(15-22)31(3,32)33)30(41)39(37-18)23-11-14-26(43-5)25(16-23)28-36-35-19(2)38(28)17-20-9-12-24(42-4)13-10-20/h6-16,27H,17H2,1-5H3,(H,34,40). The van der Waals surface area contributed by atoms with Crippen molar-refractivity contribution in [3.05, 3.63) is 83.7 Å². The van der Waals surface area contributed by atoms with Crippen LogP contribution < -0.4 is 19.8 Å². The van der Waals surface area contributed by atoms with Crippen LogP contribution in [0.2, 0.25) is 0 Å². The Balaban J connectivity index is 1.42. The molecule has 0 radical (unpaired) electrons. The number of benzene rings is 3. The molecule has 1 unspecified atom stereocenters. The van der Waals surface area contributed by atoms with E-state index in [0.29, 0.717) is 35.2 Å². The molecule has 0 saturated heterocycles. The lowest BCUT2D eigenvalue weighted by Crippen LogP contribution is -2.36. The number of methoxy groups -OCH3 is 2. The van der Waals surface area contributed by atoms with E-state index in [-0.39, 0.29) is 17.0 Å². The van der Waals surface area contributed by atoms with Gasteiger partial charge in [0.15, 0.2) is 11.7 Å². The van der Waals surface area contributed by atoms with Crippen LogP contribution in [0.15, 0.2) is 71.8 Å². The number of alkyl halides is 2. The summed E-state index contributed by atoms with van der Waals surface area (Å²) in [6.45, 7) is 4.65. The number of rotatable bonds is 9. The number of carbonyl (C=O) groups excluding carboxylic acids is 2. The van der Waals surface area contributed by atoms with E-state index < -0.39 is 23.7 Å². The second-order valence-corrected chi connectivity index (χ2v) is 10.2. The van der Waals surface area contributed by atoms with E-state index in [1.165, 1.54) is 31.4 Å². The van der Waals surface area contributed by atoms with Gasteiger partial charge in [-0.15, -0.1) is 10.2 Å². The van der Waals surface area contributed by atoms with Crippen LogP contribution in [0.25, 0.3) is 11.4 Å².